The summed E-state index contributed by atoms with van der Waals surface area (Å²) in [6, 6.07) is 7.01. The van der Waals surface area contributed by atoms with Gasteiger partial charge in [0, 0.05) is 0 Å². The van der Waals surface area contributed by atoms with Crippen LogP contribution < -0.4 is 0 Å². The lowest BCUT2D eigenvalue weighted by atomic mass is 10.4. The lowest BCUT2D eigenvalue weighted by molar-refractivity contribution is 0.429. The molecule has 5 nitrogen and oxygen atoms in total. The van der Waals surface area contributed by atoms with Crippen LogP contribution in [0, 0.1) is 0 Å². The van der Waals surface area contributed by atoms with Gasteiger partial charge in [0.1, 0.15) is 11.4 Å². The Balaban J connectivity index is 3.02. The molecule has 0 radical (unpaired) electrons. The van der Waals surface area contributed by atoms with Crippen molar-refractivity contribution in [2.45, 2.75) is 4.90 Å². The minimum absolute atomic E-state index is 0.195. The highest BCUT2D eigenvalue weighted by Crippen LogP contribution is 2.11. The van der Waals surface area contributed by atoms with Crippen molar-refractivity contribution in [3.63, 3.8) is 0 Å². The number of benzene rings is 1. The van der Waals surface area contributed by atoms with Gasteiger partial charge in [-0.2, -0.15) is 12.0 Å². The summed E-state index contributed by atoms with van der Waals surface area (Å²) in [7, 11) is -4.17. The summed E-state index contributed by atoms with van der Waals surface area (Å²) in [6.45, 7) is 0. The molecule has 1 aromatic carbocycles. The normalized spacial score (nSPS) is 13.9. The quantitative estimate of drug-likeness (QED) is 0.680. The third kappa shape index (κ3) is 2.88. The molecule has 0 aliphatic heterocycles. The van der Waals surface area contributed by atoms with Gasteiger partial charge in [-0.05, 0) is 12.1 Å². The van der Waals surface area contributed by atoms with E-state index in [1.807, 2.05) is 0 Å². The predicted molar refractivity (Wildman–Crippen MR) is 43.6 cm³/mol. The van der Waals surface area contributed by atoms with Crippen LogP contribution in [0.25, 0.3) is 0 Å². The van der Waals surface area contributed by atoms with Gasteiger partial charge in [0.25, 0.3) is 0 Å². The maximum absolute atomic E-state index is 11.0. The van der Waals surface area contributed by atoms with Crippen LogP contribution in [0.5, 0.6) is 0 Å². The van der Waals surface area contributed by atoms with Crippen LogP contribution in [-0.2, 0) is 25.1 Å². The van der Waals surface area contributed by atoms with Gasteiger partial charge in [0.2, 0.25) is 0 Å². The van der Waals surface area contributed by atoms with Gasteiger partial charge in [-0.25, -0.2) is 4.21 Å². The number of hydrogen-bond donors (Lipinski definition) is 0. The zero-order valence-corrected chi connectivity index (χ0v) is 7.88. The van der Waals surface area contributed by atoms with Crippen molar-refractivity contribution in [1.82, 2.24) is 0 Å². The maximum atomic E-state index is 11.0. The summed E-state index contributed by atoms with van der Waals surface area (Å²) in [5.41, 5.74) is 0. The Morgan fingerprint density at radius 2 is 1.77 bits per heavy atom. The average Bonchev–Trinajstić information content (AvgIpc) is 2.04. The molecule has 1 rings (SSSR count). The standard InChI is InChI=1S/C6H6O5S2/c7-12(8)11-13(9,10)6-4-2-1-3-5-6/h1-5H,(H,7,8)/p-1. The molecule has 0 N–H and O–H groups in total. The van der Waals surface area contributed by atoms with Crippen molar-refractivity contribution in [2.24, 2.45) is 0 Å². The van der Waals surface area contributed by atoms with Crippen molar-refractivity contribution in [1.29, 1.82) is 0 Å². The van der Waals surface area contributed by atoms with Crippen LogP contribution in [0.3, 0.4) is 0 Å². The predicted octanol–water partition coefficient (Wildman–Crippen LogP) is 0.186. The molecule has 0 spiro atoms. The second-order valence-corrected chi connectivity index (χ2v) is 4.37. The molecule has 1 atom stereocenters. The van der Waals surface area contributed by atoms with E-state index in [4.69, 9.17) is 0 Å². The van der Waals surface area contributed by atoms with Crippen LogP contribution in [0.15, 0.2) is 35.2 Å². The first-order valence-electron chi connectivity index (χ1n) is 3.11. The molecule has 0 aromatic heterocycles. The van der Waals surface area contributed by atoms with E-state index in [0.717, 1.165) is 0 Å². The monoisotopic (exact) mass is 221 g/mol. The first-order valence-corrected chi connectivity index (χ1v) is 5.52. The molecule has 0 saturated heterocycles. The second kappa shape index (κ2) is 3.97. The molecule has 0 fully saturated rings. The average molecular weight is 221 g/mol. The Kier molecular flexibility index (Phi) is 3.15. The molecule has 1 aromatic rings. The van der Waals surface area contributed by atoms with Gasteiger partial charge in [0.05, 0.1) is 4.90 Å². The Hall–Kier alpha value is -0.760. The summed E-state index contributed by atoms with van der Waals surface area (Å²) in [4.78, 5) is -0.195. The summed E-state index contributed by atoms with van der Waals surface area (Å²) in [6.07, 6.45) is 0. The minimum atomic E-state index is -4.17. The van der Waals surface area contributed by atoms with Gasteiger partial charge in [-0.3, -0.25) is 0 Å². The minimum Gasteiger partial charge on any atom is -0.749 e. The zero-order valence-electron chi connectivity index (χ0n) is 6.24. The van der Waals surface area contributed by atoms with Crippen molar-refractivity contribution >= 4 is 21.5 Å². The fourth-order valence-corrected chi connectivity index (χ4v) is 2.09. The summed E-state index contributed by atoms with van der Waals surface area (Å²) < 4.78 is 45.7. The maximum Gasteiger partial charge on any atom is 0.308 e. The smallest absolute Gasteiger partial charge is 0.308 e. The molecule has 0 aliphatic rings. The zero-order chi connectivity index (χ0) is 9.90. The molecule has 0 bridgehead atoms. The van der Waals surface area contributed by atoms with Crippen molar-refractivity contribution in [2.75, 3.05) is 0 Å². The van der Waals surface area contributed by atoms with E-state index in [0.29, 0.717) is 0 Å². The molecule has 0 aliphatic carbocycles. The highest BCUT2D eigenvalue weighted by Gasteiger charge is 2.14. The molecule has 0 heterocycles. The fraction of sp³-hybridized carbons (Fsp3) is 0. The molecule has 0 saturated carbocycles. The van der Waals surface area contributed by atoms with E-state index < -0.39 is 21.5 Å². The van der Waals surface area contributed by atoms with Gasteiger partial charge >= 0.3 is 10.1 Å². The van der Waals surface area contributed by atoms with Gasteiger partial charge < -0.3 is 4.55 Å². The molecule has 72 valence electrons. The third-order valence-electron chi connectivity index (χ3n) is 1.18. The number of rotatable bonds is 3. The first-order chi connectivity index (χ1) is 6.02. The van der Waals surface area contributed by atoms with E-state index in [1.165, 1.54) is 24.3 Å². The second-order valence-electron chi connectivity index (χ2n) is 2.04. The van der Waals surface area contributed by atoms with E-state index in [1.54, 1.807) is 6.07 Å². The van der Waals surface area contributed by atoms with Gasteiger partial charge in [-0.1, -0.05) is 18.2 Å². The van der Waals surface area contributed by atoms with Crippen LogP contribution in [0.2, 0.25) is 0 Å². The van der Waals surface area contributed by atoms with E-state index in [9.17, 15) is 17.2 Å². The van der Waals surface area contributed by atoms with Crippen LogP contribution in [0.1, 0.15) is 0 Å². The van der Waals surface area contributed by atoms with Gasteiger partial charge in [-0.15, -0.1) is 0 Å². The van der Waals surface area contributed by atoms with E-state index in [2.05, 4.69) is 3.63 Å². The fourth-order valence-electron chi connectivity index (χ4n) is 0.700. The largest absolute Gasteiger partial charge is 0.749 e. The molecule has 7 heteroatoms. The Labute approximate surface area is 78.0 Å². The first kappa shape index (κ1) is 10.3. The highest BCUT2D eigenvalue weighted by molar-refractivity contribution is 7.95. The lowest BCUT2D eigenvalue weighted by Crippen LogP contribution is -2.07. The van der Waals surface area contributed by atoms with Gasteiger partial charge in [0.15, 0.2) is 0 Å². The molecule has 13 heavy (non-hydrogen) atoms. The van der Waals surface area contributed by atoms with E-state index >= 15 is 0 Å². The molecular formula is C6H5O5S2-. The van der Waals surface area contributed by atoms with Crippen LogP contribution in [0.4, 0.5) is 0 Å². The SMILES string of the molecule is O=S([O-])OS(=O)(=O)c1ccccc1. The van der Waals surface area contributed by atoms with Crippen LogP contribution in [-0.4, -0.2) is 17.2 Å². The molecule has 0 amide bonds. The highest BCUT2D eigenvalue weighted by atomic mass is 32.3. The molecule has 1 unspecified atom stereocenters. The van der Waals surface area contributed by atoms with E-state index in [-0.39, 0.29) is 4.90 Å². The van der Waals surface area contributed by atoms with Crippen molar-refractivity contribution in [3.05, 3.63) is 30.3 Å². The Morgan fingerprint density at radius 1 is 1.23 bits per heavy atom. The lowest BCUT2D eigenvalue weighted by Gasteiger charge is -2.05. The summed E-state index contributed by atoms with van der Waals surface area (Å²) >= 11 is -3.07. The molecular weight excluding hydrogens is 216 g/mol. The summed E-state index contributed by atoms with van der Waals surface area (Å²) in [5.74, 6) is 0. The van der Waals surface area contributed by atoms with Crippen molar-refractivity contribution < 1.29 is 20.8 Å². The Bertz CT molecular complexity index is 396. The topological polar surface area (TPSA) is 83.5 Å². The van der Waals surface area contributed by atoms with Crippen molar-refractivity contribution in [3.8, 4) is 0 Å². The summed E-state index contributed by atoms with van der Waals surface area (Å²) in [5, 5.41) is 0. The third-order valence-corrected chi connectivity index (χ3v) is 3.19. The van der Waals surface area contributed by atoms with Crippen LogP contribution >= 0.6 is 0 Å². The Morgan fingerprint density at radius 3 is 2.23 bits per heavy atom. The number of hydrogen-bond acceptors (Lipinski definition) is 5.